The minimum Gasteiger partial charge on any atom is -0.618 e. The maximum atomic E-state index is 12.7. The summed E-state index contributed by atoms with van der Waals surface area (Å²) in [5.41, 5.74) is 1.13. The van der Waals surface area contributed by atoms with Crippen LogP contribution in [0.5, 0.6) is 5.75 Å². The third-order valence-corrected chi connectivity index (χ3v) is 2.46. The van der Waals surface area contributed by atoms with Crippen molar-refractivity contribution in [3.8, 4) is 5.75 Å². The Labute approximate surface area is 104 Å². The number of halogens is 1. The van der Waals surface area contributed by atoms with Gasteiger partial charge in [0.1, 0.15) is 11.6 Å². The molecule has 18 heavy (non-hydrogen) atoms. The van der Waals surface area contributed by atoms with E-state index in [0.717, 1.165) is 11.3 Å². The molecule has 0 aromatic heterocycles. The second-order valence-electron chi connectivity index (χ2n) is 3.70. The van der Waals surface area contributed by atoms with Crippen molar-refractivity contribution < 1.29 is 13.9 Å². The Morgan fingerprint density at radius 1 is 1.06 bits per heavy atom. The minimum atomic E-state index is -0.364. The maximum absolute atomic E-state index is 12.7. The van der Waals surface area contributed by atoms with Crippen LogP contribution in [0.15, 0.2) is 48.5 Å². The highest BCUT2D eigenvalue weighted by Crippen LogP contribution is 2.13. The summed E-state index contributed by atoms with van der Waals surface area (Å²) < 4.78 is 18.4. The monoisotopic (exact) mass is 245 g/mol. The van der Waals surface area contributed by atoms with Gasteiger partial charge in [0.15, 0.2) is 6.21 Å². The fraction of sp³-hybridized carbons (Fsp3) is 0.0714. The molecule has 0 aliphatic heterocycles. The van der Waals surface area contributed by atoms with Crippen molar-refractivity contribution in [1.29, 1.82) is 0 Å². The van der Waals surface area contributed by atoms with Gasteiger partial charge < -0.3 is 9.94 Å². The summed E-state index contributed by atoms with van der Waals surface area (Å²) in [4.78, 5) is 0. The maximum Gasteiger partial charge on any atom is 0.216 e. The average molecular weight is 245 g/mol. The van der Waals surface area contributed by atoms with E-state index in [-0.39, 0.29) is 5.82 Å². The van der Waals surface area contributed by atoms with Crippen molar-refractivity contribution >= 4 is 11.9 Å². The summed E-state index contributed by atoms with van der Waals surface area (Å²) in [6.45, 7) is 0. The Morgan fingerprint density at radius 3 is 2.22 bits per heavy atom. The second-order valence-corrected chi connectivity index (χ2v) is 3.70. The molecule has 2 aromatic rings. The van der Waals surface area contributed by atoms with E-state index in [1.54, 1.807) is 31.4 Å². The molecule has 2 aromatic carbocycles. The summed E-state index contributed by atoms with van der Waals surface area (Å²) in [5, 5.41) is 11.8. The van der Waals surface area contributed by atoms with Crippen LogP contribution in [-0.4, -0.2) is 18.1 Å². The van der Waals surface area contributed by atoms with Crippen molar-refractivity contribution in [3.05, 3.63) is 65.1 Å². The average Bonchev–Trinajstić information content (AvgIpc) is 2.40. The van der Waals surface area contributed by atoms with Gasteiger partial charge in [-0.25, -0.2) is 4.39 Å². The molecule has 0 unspecified atom stereocenters. The van der Waals surface area contributed by atoms with Crippen LogP contribution in [0.25, 0.3) is 0 Å². The largest absolute Gasteiger partial charge is 0.618 e. The number of hydrogen-bond donors (Lipinski definition) is 0. The van der Waals surface area contributed by atoms with Gasteiger partial charge in [0.2, 0.25) is 5.69 Å². The van der Waals surface area contributed by atoms with Gasteiger partial charge >= 0.3 is 0 Å². The van der Waals surface area contributed by atoms with E-state index in [9.17, 15) is 9.60 Å². The van der Waals surface area contributed by atoms with Crippen LogP contribution in [0.4, 0.5) is 10.1 Å². The van der Waals surface area contributed by atoms with Crippen molar-refractivity contribution in [2.45, 2.75) is 0 Å². The number of methoxy groups -OCH3 is 1. The summed E-state index contributed by atoms with van der Waals surface area (Å²) in [6.07, 6.45) is 1.42. The molecular weight excluding hydrogens is 233 g/mol. The standard InChI is InChI=1S/C14H12FNO2/c1-18-14-8-2-11(3-9-14)10-16(17)13-6-4-12(15)5-7-13/h2-10H,1H3/b16-10-. The van der Waals surface area contributed by atoms with E-state index < -0.39 is 0 Å². The molecule has 0 heterocycles. The zero-order chi connectivity index (χ0) is 13.0. The van der Waals surface area contributed by atoms with E-state index in [1.165, 1.54) is 30.5 Å². The van der Waals surface area contributed by atoms with Gasteiger partial charge in [0, 0.05) is 17.7 Å². The van der Waals surface area contributed by atoms with E-state index in [0.29, 0.717) is 10.4 Å². The van der Waals surface area contributed by atoms with Crippen molar-refractivity contribution in [2.75, 3.05) is 7.11 Å². The topological polar surface area (TPSA) is 35.3 Å². The summed E-state index contributed by atoms with van der Waals surface area (Å²) in [6, 6.07) is 12.4. The molecule has 0 N–H and O–H groups in total. The lowest BCUT2D eigenvalue weighted by molar-refractivity contribution is -0.354. The SMILES string of the molecule is COc1ccc(/C=[N+](\[O-])c2ccc(F)cc2)cc1. The first-order valence-corrected chi connectivity index (χ1v) is 5.40. The van der Waals surface area contributed by atoms with Crippen LogP contribution in [0.2, 0.25) is 0 Å². The van der Waals surface area contributed by atoms with Gasteiger partial charge in [-0.2, -0.15) is 4.74 Å². The predicted molar refractivity (Wildman–Crippen MR) is 67.8 cm³/mol. The van der Waals surface area contributed by atoms with Gasteiger partial charge in [-0.05, 0) is 36.4 Å². The Balaban J connectivity index is 2.23. The van der Waals surface area contributed by atoms with Gasteiger partial charge in [-0.3, -0.25) is 0 Å². The van der Waals surface area contributed by atoms with Crippen LogP contribution in [-0.2, 0) is 0 Å². The summed E-state index contributed by atoms with van der Waals surface area (Å²) in [7, 11) is 1.58. The molecule has 0 aliphatic rings. The van der Waals surface area contributed by atoms with Gasteiger partial charge in [-0.1, -0.05) is 0 Å². The molecule has 0 bridgehead atoms. The molecule has 0 fully saturated rings. The van der Waals surface area contributed by atoms with Crippen LogP contribution >= 0.6 is 0 Å². The van der Waals surface area contributed by atoms with Crippen molar-refractivity contribution in [3.63, 3.8) is 0 Å². The molecule has 0 spiro atoms. The first-order valence-electron chi connectivity index (χ1n) is 5.40. The predicted octanol–water partition coefficient (Wildman–Crippen LogP) is 3.10. The van der Waals surface area contributed by atoms with Crippen LogP contribution in [0, 0.1) is 11.0 Å². The molecule has 4 heteroatoms. The van der Waals surface area contributed by atoms with E-state index in [4.69, 9.17) is 4.74 Å². The highest BCUT2D eigenvalue weighted by atomic mass is 19.1. The van der Waals surface area contributed by atoms with Gasteiger partial charge in [-0.15, -0.1) is 0 Å². The minimum absolute atomic E-state index is 0.364. The smallest absolute Gasteiger partial charge is 0.216 e. The molecule has 0 aliphatic carbocycles. The normalized spacial score (nSPS) is 11.3. The number of ether oxygens (including phenoxy) is 1. The fourth-order valence-corrected chi connectivity index (χ4v) is 1.49. The first-order chi connectivity index (χ1) is 8.69. The molecule has 2 rings (SSSR count). The number of hydrogen-bond acceptors (Lipinski definition) is 2. The highest BCUT2D eigenvalue weighted by Gasteiger charge is 2.02. The van der Waals surface area contributed by atoms with E-state index in [1.807, 2.05) is 0 Å². The Morgan fingerprint density at radius 2 is 1.67 bits per heavy atom. The van der Waals surface area contributed by atoms with Crippen molar-refractivity contribution in [2.24, 2.45) is 0 Å². The lowest BCUT2D eigenvalue weighted by atomic mass is 10.2. The fourth-order valence-electron chi connectivity index (χ4n) is 1.49. The molecule has 0 saturated carbocycles. The molecule has 0 atom stereocenters. The van der Waals surface area contributed by atoms with E-state index >= 15 is 0 Å². The van der Waals surface area contributed by atoms with Crippen molar-refractivity contribution in [1.82, 2.24) is 0 Å². The third kappa shape index (κ3) is 2.85. The van der Waals surface area contributed by atoms with Gasteiger partial charge in [0.25, 0.3) is 0 Å². The molecule has 0 amide bonds. The second kappa shape index (κ2) is 5.31. The summed E-state index contributed by atoms with van der Waals surface area (Å²) >= 11 is 0. The first kappa shape index (κ1) is 12.1. The molecule has 0 radical (unpaired) electrons. The lowest BCUT2D eigenvalue weighted by Gasteiger charge is -2.03. The lowest BCUT2D eigenvalue weighted by Crippen LogP contribution is -1.98. The number of nitrogens with zero attached hydrogens (tertiary/aromatic N) is 1. The number of rotatable bonds is 3. The zero-order valence-corrected chi connectivity index (χ0v) is 9.84. The Bertz CT molecular complexity index is 547. The van der Waals surface area contributed by atoms with Crippen LogP contribution < -0.4 is 4.74 Å². The van der Waals surface area contributed by atoms with Crippen LogP contribution in [0.1, 0.15) is 5.56 Å². The summed E-state index contributed by atoms with van der Waals surface area (Å²) in [5.74, 6) is 0.364. The molecule has 92 valence electrons. The Kier molecular flexibility index (Phi) is 3.57. The van der Waals surface area contributed by atoms with Gasteiger partial charge in [0.05, 0.1) is 7.11 Å². The Hall–Kier alpha value is -2.36. The number of benzene rings is 2. The molecular formula is C14H12FNO2. The zero-order valence-electron chi connectivity index (χ0n) is 9.84. The van der Waals surface area contributed by atoms with Crippen LogP contribution in [0.3, 0.4) is 0 Å². The third-order valence-electron chi connectivity index (χ3n) is 2.46. The highest BCUT2D eigenvalue weighted by molar-refractivity contribution is 5.76. The quantitative estimate of drug-likeness (QED) is 0.360. The van der Waals surface area contributed by atoms with E-state index in [2.05, 4.69) is 0 Å². The molecule has 3 nitrogen and oxygen atoms in total. The molecule has 0 saturated heterocycles.